The Labute approximate surface area is 130 Å². The van der Waals surface area contributed by atoms with Gasteiger partial charge in [-0.3, -0.25) is 0 Å². The number of benzene rings is 3. The number of rotatable bonds is 3. The highest BCUT2D eigenvalue weighted by atomic mass is 31.1. The Morgan fingerprint density at radius 2 is 1.50 bits per heavy atom. The molecular weight excluding hydrogens is 291 g/mol. The lowest BCUT2D eigenvalue weighted by Crippen LogP contribution is -2.13. The summed E-state index contributed by atoms with van der Waals surface area (Å²) >= 11 is 0. The van der Waals surface area contributed by atoms with E-state index in [0.717, 1.165) is 27.2 Å². The normalized spacial score (nSPS) is 12.8. The topological polar surface area (TPSA) is 22.4 Å². The summed E-state index contributed by atoms with van der Waals surface area (Å²) in [5.74, 6) is 0. The van der Waals surface area contributed by atoms with Crippen LogP contribution in [-0.2, 0) is 4.52 Å². The highest BCUT2D eigenvalue weighted by Gasteiger charge is 2.19. The molecular formula is C19H15O2P. The first-order valence-electron chi connectivity index (χ1n) is 7.18. The van der Waals surface area contributed by atoms with Crippen molar-refractivity contribution in [1.29, 1.82) is 0 Å². The lowest BCUT2D eigenvalue weighted by molar-refractivity contribution is 0.474. The minimum absolute atomic E-state index is 0.879. The van der Waals surface area contributed by atoms with Crippen molar-refractivity contribution < 1.29 is 8.94 Å². The minimum atomic E-state index is -0.879. The molecule has 1 aromatic heterocycles. The van der Waals surface area contributed by atoms with Crippen molar-refractivity contribution in [3.63, 3.8) is 0 Å². The van der Waals surface area contributed by atoms with Crippen LogP contribution in [0.3, 0.4) is 0 Å². The second-order valence-electron chi connectivity index (χ2n) is 5.06. The van der Waals surface area contributed by atoms with Crippen LogP contribution in [0.1, 0.15) is 0 Å². The summed E-state index contributed by atoms with van der Waals surface area (Å²) in [7, 11) is 0.885. The molecule has 0 aliphatic heterocycles. The molecule has 0 N–H and O–H groups in total. The summed E-state index contributed by atoms with van der Waals surface area (Å²) < 4.78 is 12.0. The second kappa shape index (κ2) is 5.57. The molecule has 22 heavy (non-hydrogen) atoms. The van der Waals surface area contributed by atoms with E-state index in [-0.39, 0.29) is 0 Å². The molecule has 0 saturated carbocycles. The molecule has 0 spiro atoms. The smallest absolute Gasteiger partial charge is 0.145 e. The Kier molecular flexibility index (Phi) is 3.42. The monoisotopic (exact) mass is 306 g/mol. The van der Waals surface area contributed by atoms with E-state index >= 15 is 0 Å². The molecule has 0 saturated heterocycles. The van der Waals surface area contributed by atoms with Crippen LogP contribution in [0.25, 0.3) is 21.9 Å². The van der Waals surface area contributed by atoms with Gasteiger partial charge in [0.05, 0.1) is 13.5 Å². The van der Waals surface area contributed by atoms with Crippen molar-refractivity contribution in [1.82, 2.24) is 0 Å². The van der Waals surface area contributed by atoms with Gasteiger partial charge in [0.1, 0.15) is 11.2 Å². The summed E-state index contributed by atoms with van der Waals surface area (Å²) in [5.41, 5.74) is 1.85. The molecule has 1 atom stereocenters. The molecule has 4 rings (SSSR count). The maximum absolute atomic E-state index is 6.12. The zero-order valence-corrected chi connectivity index (χ0v) is 13.1. The van der Waals surface area contributed by atoms with Gasteiger partial charge in [-0.1, -0.05) is 60.7 Å². The van der Waals surface area contributed by atoms with Crippen LogP contribution in [0.15, 0.2) is 77.2 Å². The maximum Gasteiger partial charge on any atom is 0.145 e. The maximum atomic E-state index is 6.12. The van der Waals surface area contributed by atoms with Gasteiger partial charge in [-0.05, 0) is 12.1 Å². The van der Waals surface area contributed by atoms with Gasteiger partial charge in [0.15, 0.2) is 0 Å². The molecule has 108 valence electrons. The highest BCUT2D eigenvalue weighted by Crippen LogP contribution is 2.38. The highest BCUT2D eigenvalue weighted by molar-refractivity contribution is 7.69. The van der Waals surface area contributed by atoms with E-state index in [1.54, 1.807) is 7.11 Å². The zero-order valence-electron chi connectivity index (χ0n) is 12.2. The van der Waals surface area contributed by atoms with Crippen LogP contribution >= 0.6 is 8.15 Å². The fourth-order valence-electron chi connectivity index (χ4n) is 2.80. The number of hydrogen-bond acceptors (Lipinski definition) is 2. The zero-order chi connectivity index (χ0) is 14.9. The van der Waals surface area contributed by atoms with Crippen LogP contribution in [0.4, 0.5) is 0 Å². The van der Waals surface area contributed by atoms with Crippen LogP contribution in [0.2, 0.25) is 0 Å². The molecule has 3 heteroatoms. The third kappa shape index (κ3) is 2.12. The Bertz CT molecular complexity index is 928. The number of hydrogen-bond donors (Lipinski definition) is 0. The Morgan fingerprint density at radius 1 is 0.773 bits per heavy atom. The first-order chi connectivity index (χ1) is 10.9. The van der Waals surface area contributed by atoms with Crippen molar-refractivity contribution in [2.45, 2.75) is 0 Å². The van der Waals surface area contributed by atoms with E-state index in [0.29, 0.717) is 0 Å². The molecule has 0 radical (unpaired) electrons. The van der Waals surface area contributed by atoms with E-state index < -0.39 is 8.15 Å². The predicted octanol–water partition coefficient (Wildman–Crippen LogP) is 4.58. The number of para-hydroxylation sites is 2. The van der Waals surface area contributed by atoms with Crippen molar-refractivity contribution in [3.05, 3.63) is 72.8 Å². The van der Waals surface area contributed by atoms with Gasteiger partial charge in [0.2, 0.25) is 0 Å². The van der Waals surface area contributed by atoms with Crippen molar-refractivity contribution in [3.8, 4) is 0 Å². The summed E-state index contributed by atoms with van der Waals surface area (Å²) in [6.45, 7) is 0. The molecule has 2 nitrogen and oxygen atoms in total. The quantitative estimate of drug-likeness (QED) is 0.517. The van der Waals surface area contributed by atoms with Gasteiger partial charge < -0.3 is 8.94 Å². The number of fused-ring (bicyclic) bond motifs is 3. The summed E-state index contributed by atoms with van der Waals surface area (Å²) in [4.78, 5) is 0. The van der Waals surface area contributed by atoms with Crippen LogP contribution < -0.4 is 10.6 Å². The standard InChI is InChI=1S/C19H15O2P/c1-20-22(14-8-3-2-4-9-14)18-13-7-11-16-15-10-5-6-12-17(15)21-19(16)18/h2-13H,1H3. The molecule has 0 aliphatic rings. The summed E-state index contributed by atoms with van der Waals surface area (Å²) in [5, 5.41) is 4.61. The van der Waals surface area contributed by atoms with Crippen molar-refractivity contribution in [2.75, 3.05) is 7.11 Å². The van der Waals surface area contributed by atoms with E-state index in [2.05, 4.69) is 36.4 Å². The lowest BCUT2D eigenvalue weighted by atomic mass is 10.1. The van der Waals surface area contributed by atoms with Gasteiger partial charge >= 0.3 is 0 Å². The average Bonchev–Trinajstić information content (AvgIpc) is 2.96. The Balaban J connectivity index is 1.98. The fraction of sp³-hybridized carbons (Fsp3) is 0.0526. The number of furan rings is 1. The molecule has 0 aliphatic carbocycles. The van der Waals surface area contributed by atoms with Crippen LogP contribution in [-0.4, -0.2) is 7.11 Å². The van der Waals surface area contributed by atoms with E-state index in [9.17, 15) is 0 Å². The van der Waals surface area contributed by atoms with Crippen molar-refractivity contribution >= 4 is 40.7 Å². The van der Waals surface area contributed by atoms with E-state index in [1.165, 1.54) is 5.30 Å². The molecule has 0 fully saturated rings. The van der Waals surface area contributed by atoms with E-state index in [4.69, 9.17) is 8.94 Å². The third-order valence-corrected chi connectivity index (χ3v) is 5.70. The van der Waals surface area contributed by atoms with Gasteiger partial charge in [0.25, 0.3) is 0 Å². The van der Waals surface area contributed by atoms with Crippen LogP contribution in [0.5, 0.6) is 0 Å². The largest absolute Gasteiger partial charge is 0.455 e. The third-order valence-electron chi connectivity index (χ3n) is 3.78. The SMILES string of the molecule is COP(c1ccccc1)c1cccc2c1oc1ccccc12. The fourth-order valence-corrected chi connectivity index (χ4v) is 4.50. The predicted molar refractivity (Wildman–Crippen MR) is 93.4 cm³/mol. The Morgan fingerprint density at radius 3 is 2.32 bits per heavy atom. The summed E-state index contributed by atoms with van der Waals surface area (Å²) in [6, 6.07) is 24.8. The molecule has 0 bridgehead atoms. The summed E-state index contributed by atoms with van der Waals surface area (Å²) in [6.07, 6.45) is 0. The Hall–Kier alpha value is -2.15. The average molecular weight is 306 g/mol. The molecule has 0 amide bonds. The van der Waals surface area contributed by atoms with Gasteiger partial charge in [-0.2, -0.15) is 0 Å². The van der Waals surface area contributed by atoms with Gasteiger partial charge in [0, 0.05) is 23.2 Å². The first kappa shape index (κ1) is 13.5. The molecule has 1 heterocycles. The van der Waals surface area contributed by atoms with Crippen LogP contribution in [0, 0.1) is 0 Å². The second-order valence-corrected chi connectivity index (χ2v) is 7.02. The molecule has 3 aromatic carbocycles. The first-order valence-corrected chi connectivity index (χ1v) is 8.44. The molecule has 1 unspecified atom stereocenters. The van der Waals surface area contributed by atoms with Gasteiger partial charge in [-0.25, -0.2) is 0 Å². The molecule has 4 aromatic rings. The van der Waals surface area contributed by atoms with Gasteiger partial charge in [-0.15, -0.1) is 0 Å². The van der Waals surface area contributed by atoms with Crippen molar-refractivity contribution in [2.24, 2.45) is 0 Å². The van der Waals surface area contributed by atoms with E-state index in [1.807, 2.05) is 36.4 Å². The minimum Gasteiger partial charge on any atom is -0.455 e. The lowest BCUT2D eigenvalue weighted by Gasteiger charge is -2.15.